The molecule has 3 N–H and O–H groups in total. The average molecular weight is 152 g/mol. The number of thioether (sulfide) groups is 1. The lowest BCUT2D eigenvalue weighted by Gasteiger charge is -2.07. The zero-order valence-corrected chi connectivity index (χ0v) is 5.97. The topological polar surface area (TPSA) is 60.7 Å². The predicted molar refractivity (Wildman–Crippen MR) is 37.5 cm³/mol. The molecule has 0 fully saturated rings. The minimum Gasteiger partial charge on any atom is -0.396 e. The summed E-state index contributed by atoms with van der Waals surface area (Å²) in [6, 6.07) is 0. The van der Waals surface area contributed by atoms with Gasteiger partial charge in [-0.05, 0) is 0 Å². The monoisotopic (exact) mass is 152 g/mol. The lowest BCUT2D eigenvalue weighted by atomic mass is 10.5. The first kappa shape index (κ1) is 9.23. The van der Waals surface area contributed by atoms with Crippen molar-refractivity contribution < 1.29 is 15.3 Å². The Bertz CT molecular complexity index is 56.2. The van der Waals surface area contributed by atoms with Gasteiger partial charge in [0.05, 0.1) is 25.1 Å². The normalized spacial score (nSPS) is 10.7. The van der Waals surface area contributed by atoms with Crippen LogP contribution in [0.3, 0.4) is 0 Å². The van der Waals surface area contributed by atoms with Gasteiger partial charge in [0.2, 0.25) is 0 Å². The highest BCUT2D eigenvalue weighted by molar-refractivity contribution is 7.99. The Hall–Kier alpha value is 0.230. The molecule has 0 bridgehead atoms. The van der Waals surface area contributed by atoms with Gasteiger partial charge in [0.15, 0.2) is 0 Å². The molecule has 0 saturated carbocycles. The van der Waals surface area contributed by atoms with Crippen molar-refractivity contribution in [3.05, 3.63) is 0 Å². The van der Waals surface area contributed by atoms with Crippen LogP contribution in [0.4, 0.5) is 0 Å². The molecule has 9 heavy (non-hydrogen) atoms. The fraction of sp³-hybridized carbons (Fsp3) is 1.00. The summed E-state index contributed by atoms with van der Waals surface area (Å²) in [5.74, 6) is 0.575. The van der Waals surface area contributed by atoms with Gasteiger partial charge in [0.25, 0.3) is 0 Å². The van der Waals surface area contributed by atoms with Crippen LogP contribution in [0.1, 0.15) is 0 Å². The lowest BCUT2D eigenvalue weighted by molar-refractivity contribution is 0.228. The third-order valence-electron chi connectivity index (χ3n) is 0.852. The first-order valence-corrected chi connectivity index (χ1v) is 3.84. The van der Waals surface area contributed by atoms with Crippen LogP contribution in [-0.2, 0) is 0 Å². The summed E-state index contributed by atoms with van der Waals surface area (Å²) < 4.78 is 0. The highest BCUT2D eigenvalue weighted by Gasteiger charge is 2.03. The van der Waals surface area contributed by atoms with E-state index in [1.54, 1.807) is 0 Å². The molecule has 0 unspecified atom stereocenters. The number of hydrogen-bond acceptors (Lipinski definition) is 4. The molecule has 0 aromatic rings. The Kier molecular flexibility index (Phi) is 6.51. The zero-order chi connectivity index (χ0) is 7.11. The molecule has 0 aromatic heterocycles. The zero-order valence-electron chi connectivity index (χ0n) is 5.16. The quantitative estimate of drug-likeness (QED) is 0.476. The molecule has 0 rings (SSSR count). The van der Waals surface area contributed by atoms with E-state index in [9.17, 15) is 0 Å². The van der Waals surface area contributed by atoms with Gasteiger partial charge in [0.1, 0.15) is 0 Å². The smallest absolute Gasteiger partial charge is 0.0572 e. The Labute approximate surface area is 58.7 Å². The second-order valence-corrected chi connectivity index (χ2v) is 2.99. The molecule has 0 radical (unpaired) electrons. The third kappa shape index (κ3) is 4.72. The minimum absolute atomic E-state index is 0.0266. The fourth-order valence-corrected chi connectivity index (χ4v) is 1.03. The van der Waals surface area contributed by atoms with E-state index in [-0.39, 0.29) is 25.1 Å². The molecule has 0 aliphatic carbocycles. The first-order chi connectivity index (χ1) is 4.35. The van der Waals surface area contributed by atoms with Crippen LogP contribution >= 0.6 is 11.8 Å². The molecule has 0 aliphatic rings. The van der Waals surface area contributed by atoms with Gasteiger partial charge in [-0.2, -0.15) is 11.8 Å². The summed E-state index contributed by atoms with van der Waals surface area (Å²) in [4.78, 5) is 0. The number of aliphatic hydroxyl groups is 3. The molecule has 0 saturated heterocycles. The van der Waals surface area contributed by atoms with Gasteiger partial charge in [-0.1, -0.05) is 0 Å². The minimum atomic E-state index is -0.128. The number of hydrogen-bond donors (Lipinski definition) is 3. The van der Waals surface area contributed by atoms with Gasteiger partial charge in [-0.25, -0.2) is 0 Å². The molecule has 0 aromatic carbocycles. The van der Waals surface area contributed by atoms with E-state index < -0.39 is 0 Å². The van der Waals surface area contributed by atoms with E-state index in [0.717, 1.165) is 0 Å². The maximum absolute atomic E-state index is 8.49. The molecule has 0 spiro atoms. The van der Waals surface area contributed by atoms with Gasteiger partial charge in [-0.3, -0.25) is 0 Å². The Balaban J connectivity index is 3.09. The maximum Gasteiger partial charge on any atom is 0.0572 e. The predicted octanol–water partition coefficient (Wildman–Crippen LogP) is -0.935. The highest BCUT2D eigenvalue weighted by Crippen LogP contribution is 2.07. The maximum atomic E-state index is 8.49. The third-order valence-corrected chi connectivity index (χ3v) is 2.04. The average Bonchev–Trinajstić information content (AvgIpc) is 1.91. The van der Waals surface area contributed by atoms with Gasteiger partial charge < -0.3 is 15.3 Å². The van der Waals surface area contributed by atoms with Crippen LogP contribution in [0.25, 0.3) is 0 Å². The Morgan fingerprint density at radius 1 is 1.11 bits per heavy atom. The van der Waals surface area contributed by atoms with E-state index in [2.05, 4.69) is 0 Å². The summed E-state index contributed by atoms with van der Waals surface area (Å²) in [6.45, 7) is 0.0451. The van der Waals surface area contributed by atoms with Crippen molar-refractivity contribution in [2.24, 2.45) is 0 Å². The largest absolute Gasteiger partial charge is 0.396 e. The second kappa shape index (κ2) is 6.35. The van der Waals surface area contributed by atoms with Crippen LogP contribution in [0.5, 0.6) is 0 Å². The second-order valence-electron chi connectivity index (χ2n) is 1.58. The molecule has 4 heteroatoms. The van der Waals surface area contributed by atoms with Crippen molar-refractivity contribution in [2.75, 3.05) is 25.6 Å². The summed E-state index contributed by atoms with van der Waals surface area (Å²) >= 11 is 1.37. The summed E-state index contributed by atoms with van der Waals surface area (Å²) in [5.41, 5.74) is 0. The van der Waals surface area contributed by atoms with Gasteiger partial charge >= 0.3 is 0 Å². The summed E-state index contributed by atoms with van der Waals surface area (Å²) in [5, 5.41) is 25.2. The first-order valence-electron chi connectivity index (χ1n) is 2.79. The molecular weight excluding hydrogens is 140 g/mol. The SMILES string of the molecule is OCCSC(CO)CO. The molecule has 56 valence electrons. The van der Waals surface area contributed by atoms with E-state index in [1.165, 1.54) is 11.8 Å². The molecule has 0 atom stereocenters. The number of rotatable bonds is 5. The van der Waals surface area contributed by atoms with Crippen LogP contribution in [0.2, 0.25) is 0 Å². The van der Waals surface area contributed by atoms with Crippen molar-refractivity contribution in [1.82, 2.24) is 0 Å². The van der Waals surface area contributed by atoms with Crippen LogP contribution in [0, 0.1) is 0 Å². The standard InChI is InChI=1S/C5H12O3S/c6-1-2-9-5(3-7)4-8/h5-8H,1-4H2. The Morgan fingerprint density at radius 2 is 1.67 bits per heavy atom. The van der Waals surface area contributed by atoms with E-state index in [0.29, 0.717) is 5.75 Å². The van der Waals surface area contributed by atoms with Crippen molar-refractivity contribution >= 4 is 11.8 Å². The van der Waals surface area contributed by atoms with E-state index in [1.807, 2.05) is 0 Å². The van der Waals surface area contributed by atoms with E-state index >= 15 is 0 Å². The fourth-order valence-electron chi connectivity index (χ4n) is 0.383. The number of aliphatic hydroxyl groups excluding tert-OH is 3. The van der Waals surface area contributed by atoms with Gasteiger partial charge in [-0.15, -0.1) is 0 Å². The van der Waals surface area contributed by atoms with Crippen molar-refractivity contribution in [3.63, 3.8) is 0 Å². The lowest BCUT2D eigenvalue weighted by Crippen LogP contribution is -2.14. The Morgan fingerprint density at radius 3 is 2.00 bits per heavy atom. The van der Waals surface area contributed by atoms with Crippen molar-refractivity contribution in [1.29, 1.82) is 0 Å². The van der Waals surface area contributed by atoms with Crippen LogP contribution in [-0.4, -0.2) is 46.1 Å². The van der Waals surface area contributed by atoms with Crippen molar-refractivity contribution in [2.45, 2.75) is 5.25 Å². The molecule has 0 aliphatic heterocycles. The van der Waals surface area contributed by atoms with E-state index in [4.69, 9.17) is 15.3 Å². The van der Waals surface area contributed by atoms with Gasteiger partial charge in [0, 0.05) is 5.75 Å². The summed E-state index contributed by atoms with van der Waals surface area (Å²) in [6.07, 6.45) is 0. The van der Waals surface area contributed by atoms with Crippen molar-refractivity contribution in [3.8, 4) is 0 Å². The summed E-state index contributed by atoms with van der Waals surface area (Å²) in [7, 11) is 0. The highest BCUT2D eigenvalue weighted by atomic mass is 32.2. The molecule has 3 nitrogen and oxygen atoms in total. The molecule has 0 amide bonds. The molecule has 0 heterocycles. The van der Waals surface area contributed by atoms with Crippen LogP contribution in [0.15, 0.2) is 0 Å². The molecular formula is C5H12O3S. The van der Waals surface area contributed by atoms with Crippen LogP contribution < -0.4 is 0 Å².